The van der Waals surface area contributed by atoms with E-state index in [2.05, 4.69) is 0 Å². The molecule has 0 aliphatic heterocycles. The van der Waals surface area contributed by atoms with Crippen molar-refractivity contribution in [1.82, 2.24) is 0 Å². The molecule has 1 rings (SSSR count). The lowest BCUT2D eigenvalue weighted by atomic mass is 10.4. The summed E-state index contributed by atoms with van der Waals surface area (Å²) in [5.41, 5.74) is 0. The lowest BCUT2D eigenvalue weighted by Crippen LogP contribution is -1.82. The van der Waals surface area contributed by atoms with E-state index in [1.54, 1.807) is 18.2 Å². The Hall–Kier alpha value is -0.180. The molecule has 1 nitrogen and oxygen atoms in total. The lowest BCUT2D eigenvalue weighted by molar-refractivity contribution is -0.109. The predicted octanol–water partition coefficient (Wildman–Crippen LogP) is 3.63. The maximum Gasteiger partial charge on any atom is 0.190 e. The van der Waals surface area contributed by atoms with Crippen molar-refractivity contribution in [3.8, 4) is 0 Å². The highest BCUT2D eigenvalue weighted by atomic mass is 35.5. The van der Waals surface area contributed by atoms with Gasteiger partial charge in [-0.1, -0.05) is 41.0 Å². The van der Waals surface area contributed by atoms with Crippen molar-refractivity contribution in [2.24, 2.45) is 0 Å². The van der Waals surface area contributed by atoms with Crippen LogP contribution in [0.4, 0.5) is 0 Å². The van der Waals surface area contributed by atoms with E-state index in [1.165, 1.54) is 6.92 Å². The fourth-order valence-electron chi connectivity index (χ4n) is 0.718. The first-order valence-corrected chi connectivity index (χ1v) is 4.81. The van der Waals surface area contributed by atoms with E-state index in [0.29, 0.717) is 14.9 Å². The van der Waals surface area contributed by atoms with Crippen LogP contribution >= 0.6 is 35.0 Å². The van der Waals surface area contributed by atoms with Gasteiger partial charge in [-0.3, -0.25) is 4.79 Å². The largest absolute Gasteiger partial charge is 0.287 e. The number of rotatable bonds is 1. The summed E-state index contributed by atoms with van der Waals surface area (Å²) in [7, 11) is 0. The average molecular weight is 221 g/mol. The van der Waals surface area contributed by atoms with Crippen LogP contribution in [0, 0.1) is 0 Å². The number of carbonyl (C=O) groups excluding carboxylic acids is 1. The van der Waals surface area contributed by atoms with Crippen LogP contribution in [0.5, 0.6) is 0 Å². The molecule has 0 fully saturated rings. The fraction of sp³-hybridized carbons (Fsp3) is 0.125. The molecule has 1 aromatic carbocycles. The van der Waals surface area contributed by atoms with Gasteiger partial charge in [0.2, 0.25) is 0 Å². The van der Waals surface area contributed by atoms with Gasteiger partial charge < -0.3 is 0 Å². The Kier molecular flexibility index (Phi) is 3.44. The van der Waals surface area contributed by atoms with Gasteiger partial charge in [-0.05, 0) is 12.1 Å². The van der Waals surface area contributed by atoms with E-state index in [4.69, 9.17) is 23.2 Å². The number of benzene rings is 1. The van der Waals surface area contributed by atoms with Crippen LogP contribution in [0.15, 0.2) is 23.1 Å². The first kappa shape index (κ1) is 9.90. The number of thioether (sulfide) groups is 1. The van der Waals surface area contributed by atoms with Crippen LogP contribution in [0.2, 0.25) is 10.0 Å². The van der Waals surface area contributed by atoms with Crippen molar-refractivity contribution in [1.29, 1.82) is 0 Å². The molecule has 0 aromatic heterocycles. The fourth-order valence-corrected chi connectivity index (χ4v) is 1.85. The van der Waals surface area contributed by atoms with Gasteiger partial charge in [-0.25, -0.2) is 0 Å². The molecule has 12 heavy (non-hydrogen) atoms. The van der Waals surface area contributed by atoms with Crippen LogP contribution in [-0.4, -0.2) is 5.12 Å². The van der Waals surface area contributed by atoms with Crippen molar-refractivity contribution in [3.05, 3.63) is 28.2 Å². The van der Waals surface area contributed by atoms with Gasteiger partial charge in [0, 0.05) is 11.8 Å². The number of carbonyl (C=O) groups is 1. The van der Waals surface area contributed by atoms with E-state index in [1.807, 2.05) is 0 Å². The molecular weight excluding hydrogens is 215 g/mol. The quantitative estimate of drug-likeness (QED) is 0.673. The van der Waals surface area contributed by atoms with E-state index in [0.717, 1.165) is 11.8 Å². The summed E-state index contributed by atoms with van der Waals surface area (Å²) in [5.74, 6) is 0. The lowest BCUT2D eigenvalue weighted by Gasteiger charge is -2.01. The highest BCUT2D eigenvalue weighted by Crippen LogP contribution is 2.32. The minimum Gasteiger partial charge on any atom is -0.287 e. The van der Waals surface area contributed by atoms with Crippen LogP contribution in [0.3, 0.4) is 0 Å². The first-order chi connectivity index (χ1) is 5.61. The van der Waals surface area contributed by atoms with E-state index in [-0.39, 0.29) is 5.12 Å². The molecule has 0 spiro atoms. The average Bonchev–Trinajstić information content (AvgIpc) is 1.98. The van der Waals surface area contributed by atoms with E-state index < -0.39 is 0 Å². The second-order valence-electron chi connectivity index (χ2n) is 2.15. The summed E-state index contributed by atoms with van der Waals surface area (Å²) in [5, 5.41) is 0.918. The Morgan fingerprint density at radius 2 is 2.08 bits per heavy atom. The van der Waals surface area contributed by atoms with Crippen molar-refractivity contribution < 1.29 is 4.79 Å². The number of halogens is 2. The van der Waals surface area contributed by atoms with Gasteiger partial charge in [-0.2, -0.15) is 0 Å². The molecule has 4 heteroatoms. The van der Waals surface area contributed by atoms with Crippen molar-refractivity contribution in [2.75, 3.05) is 0 Å². The molecule has 0 saturated carbocycles. The summed E-state index contributed by atoms with van der Waals surface area (Å²) in [6, 6.07) is 5.22. The van der Waals surface area contributed by atoms with E-state index >= 15 is 0 Å². The van der Waals surface area contributed by atoms with Gasteiger partial charge in [-0.15, -0.1) is 0 Å². The predicted molar refractivity (Wildman–Crippen MR) is 53.0 cm³/mol. The second-order valence-corrected chi connectivity index (χ2v) is 4.15. The summed E-state index contributed by atoms with van der Waals surface area (Å²) < 4.78 is 0. The molecule has 0 radical (unpaired) electrons. The molecule has 0 amide bonds. The zero-order chi connectivity index (χ0) is 9.14. The summed E-state index contributed by atoms with van der Waals surface area (Å²) in [4.78, 5) is 11.4. The van der Waals surface area contributed by atoms with E-state index in [9.17, 15) is 4.79 Å². The molecule has 0 unspecified atom stereocenters. The first-order valence-electron chi connectivity index (χ1n) is 3.23. The van der Waals surface area contributed by atoms with Gasteiger partial charge in [0.05, 0.1) is 10.0 Å². The minimum atomic E-state index is -0.000772. The highest BCUT2D eigenvalue weighted by molar-refractivity contribution is 8.13. The molecule has 1 aromatic rings. The third kappa shape index (κ3) is 2.41. The summed E-state index contributed by atoms with van der Waals surface area (Å²) in [6.45, 7) is 1.49. The normalized spacial score (nSPS) is 9.92. The van der Waals surface area contributed by atoms with Gasteiger partial charge in [0.1, 0.15) is 0 Å². The Bertz CT molecular complexity index is 312. The number of hydrogen-bond donors (Lipinski definition) is 0. The molecule has 0 aliphatic carbocycles. The Morgan fingerprint density at radius 1 is 1.42 bits per heavy atom. The molecule has 0 atom stereocenters. The van der Waals surface area contributed by atoms with Crippen LogP contribution in [-0.2, 0) is 4.79 Å². The molecule has 0 aliphatic rings. The topological polar surface area (TPSA) is 17.1 Å². The highest BCUT2D eigenvalue weighted by Gasteiger charge is 2.06. The monoisotopic (exact) mass is 220 g/mol. The standard InChI is InChI=1S/C8H6Cl2OS/c1-5(11)12-7-4-2-3-6(9)8(7)10/h2-4H,1H3. The Morgan fingerprint density at radius 3 is 2.67 bits per heavy atom. The molecule has 64 valence electrons. The minimum absolute atomic E-state index is 0.000772. The maximum atomic E-state index is 10.7. The number of hydrogen-bond acceptors (Lipinski definition) is 2. The van der Waals surface area contributed by atoms with Crippen LogP contribution in [0.25, 0.3) is 0 Å². The van der Waals surface area contributed by atoms with Gasteiger partial charge in [0.15, 0.2) is 5.12 Å². The zero-order valence-corrected chi connectivity index (χ0v) is 8.63. The molecule has 0 N–H and O–H groups in total. The summed E-state index contributed by atoms with van der Waals surface area (Å²) >= 11 is 12.7. The Labute approximate surface area is 85.1 Å². The second kappa shape index (κ2) is 4.17. The van der Waals surface area contributed by atoms with Crippen molar-refractivity contribution >= 4 is 40.1 Å². The molecule has 0 heterocycles. The van der Waals surface area contributed by atoms with Gasteiger partial charge in [0.25, 0.3) is 0 Å². The SMILES string of the molecule is CC(=O)Sc1cccc(Cl)c1Cl. The molecule has 0 saturated heterocycles. The third-order valence-electron chi connectivity index (χ3n) is 1.17. The summed E-state index contributed by atoms with van der Waals surface area (Å²) in [6.07, 6.45) is 0. The molecular formula is C8H6Cl2OS. The van der Waals surface area contributed by atoms with Crippen molar-refractivity contribution in [3.63, 3.8) is 0 Å². The van der Waals surface area contributed by atoms with Crippen molar-refractivity contribution in [2.45, 2.75) is 11.8 Å². The smallest absolute Gasteiger partial charge is 0.190 e. The third-order valence-corrected chi connectivity index (χ3v) is 2.95. The zero-order valence-electron chi connectivity index (χ0n) is 6.30. The van der Waals surface area contributed by atoms with Crippen LogP contribution < -0.4 is 0 Å². The van der Waals surface area contributed by atoms with Gasteiger partial charge >= 0.3 is 0 Å². The Balaban J connectivity index is 3.00. The van der Waals surface area contributed by atoms with Crippen LogP contribution in [0.1, 0.15) is 6.92 Å². The molecule has 0 bridgehead atoms. The maximum absolute atomic E-state index is 10.7.